The van der Waals surface area contributed by atoms with E-state index in [9.17, 15) is 14.3 Å². The lowest BCUT2D eigenvalue weighted by Gasteiger charge is -2.38. The molecule has 1 aliphatic carbocycles. The predicted octanol–water partition coefficient (Wildman–Crippen LogP) is 3.32. The number of aryl methyl sites for hydroxylation is 1. The quantitative estimate of drug-likeness (QED) is 0.821. The topological polar surface area (TPSA) is 58.6 Å². The molecule has 0 bridgehead atoms. The van der Waals surface area contributed by atoms with E-state index >= 15 is 0 Å². The second kappa shape index (κ2) is 7.69. The number of benzene rings is 2. The van der Waals surface area contributed by atoms with E-state index in [2.05, 4.69) is 11.4 Å². The number of hydrogen-bond donors (Lipinski definition) is 2. The average molecular weight is 369 g/mol. The van der Waals surface area contributed by atoms with Crippen LogP contribution in [-0.4, -0.2) is 23.7 Å². The van der Waals surface area contributed by atoms with Gasteiger partial charge in [-0.1, -0.05) is 24.3 Å². The highest BCUT2D eigenvalue weighted by Crippen LogP contribution is 2.39. The van der Waals surface area contributed by atoms with Gasteiger partial charge < -0.3 is 15.2 Å². The molecule has 0 aromatic heterocycles. The van der Waals surface area contributed by atoms with Crippen LogP contribution in [0.2, 0.25) is 0 Å². The Balaban J connectivity index is 1.45. The monoisotopic (exact) mass is 369 g/mol. The molecule has 4 rings (SSSR count). The number of halogens is 1. The zero-order chi connectivity index (χ0) is 18.8. The first-order valence-electron chi connectivity index (χ1n) is 9.56. The predicted molar refractivity (Wildman–Crippen MR) is 100.0 cm³/mol. The first kappa shape index (κ1) is 18.0. The molecule has 142 valence electrons. The largest absolute Gasteiger partial charge is 0.493 e. The summed E-state index contributed by atoms with van der Waals surface area (Å²) >= 11 is 0. The van der Waals surface area contributed by atoms with Crippen molar-refractivity contribution in [3.63, 3.8) is 0 Å². The van der Waals surface area contributed by atoms with Crippen molar-refractivity contribution in [2.45, 2.75) is 44.2 Å². The van der Waals surface area contributed by atoms with E-state index in [0.29, 0.717) is 31.4 Å². The molecule has 1 fully saturated rings. The molecule has 1 atom stereocenters. The molecule has 1 heterocycles. The van der Waals surface area contributed by atoms with Crippen LogP contribution >= 0.6 is 0 Å². The van der Waals surface area contributed by atoms with Crippen molar-refractivity contribution in [1.82, 2.24) is 5.32 Å². The van der Waals surface area contributed by atoms with Crippen LogP contribution in [0.3, 0.4) is 0 Å². The molecule has 0 spiro atoms. The van der Waals surface area contributed by atoms with Crippen LogP contribution < -0.4 is 10.1 Å². The fourth-order valence-corrected chi connectivity index (χ4v) is 3.97. The van der Waals surface area contributed by atoms with E-state index in [4.69, 9.17) is 4.74 Å². The zero-order valence-corrected chi connectivity index (χ0v) is 15.2. The normalized spacial score (nSPS) is 21.7. The number of amides is 1. The standard InChI is InChI=1S/C22H24FNO3/c23-19-4-2-1-3-14(19)6-8-21(26)24-22(17-12-18(25)13-17)16-5-7-20-15(11-16)9-10-27-20/h1-5,7,11,17-18,22,25H,6,8-10,12-13H2,(H,24,26). The van der Waals surface area contributed by atoms with Gasteiger partial charge in [0.1, 0.15) is 11.6 Å². The van der Waals surface area contributed by atoms with Crippen LogP contribution in [0.4, 0.5) is 4.39 Å². The Morgan fingerprint density at radius 1 is 1.26 bits per heavy atom. The molecule has 4 nitrogen and oxygen atoms in total. The number of ether oxygens (including phenoxy) is 1. The average Bonchev–Trinajstić information content (AvgIpc) is 3.11. The number of nitrogens with one attached hydrogen (secondary N) is 1. The van der Waals surface area contributed by atoms with Crippen LogP contribution in [-0.2, 0) is 17.6 Å². The van der Waals surface area contributed by atoms with Crippen LogP contribution in [0, 0.1) is 11.7 Å². The molecular formula is C22H24FNO3. The molecule has 0 saturated heterocycles. The molecule has 1 saturated carbocycles. The molecule has 2 aliphatic rings. The van der Waals surface area contributed by atoms with Crippen molar-refractivity contribution in [3.05, 3.63) is 65.0 Å². The Morgan fingerprint density at radius 3 is 2.85 bits per heavy atom. The summed E-state index contributed by atoms with van der Waals surface area (Å²) in [6, 6.07) is 12.5. The minimum absolute atomic E-state index is 0.0959. The van der Waals surface area contributed by atoms with Crippen LogP contribution in [0.25, 0.3) is 0 Å². The van der Waals surface area contributed by atoms with Gasteiger partial charge in [-0.05, 0) is 60.1 Å². The van der Waals surface area contributed by atoms with Crippen molar-refractivity contribution < 1.29 is 19.0 Å². The minimum atomic E-state index is -0.287. The van der Waals surface area contributed by atoms with Crippen LogP contribution in [0.5, 0.6) is 5.75 Å². The molecule has 2 aromatic carbocycles. The summed E-state index contributed by atoms with van der Waals surface area (Å²) in [5.74, 6) is 0.763. The van der Waals surface area contributed by atoms with Crippen LogP contribution in [0.1, 0.15) is 42.0 Å². The third-order valence-corrected chi connectivity index (χ3v) is 5.59. The van der Waals surface area contributed by atoms with E-state index in [1.54, 1.807) is 18.2 Å². The summed E-state index contributed by atoms with van der Waals surface area (Å²) < 4.78 is 19.3. The maximum absolute atomic E-state index is 13.8. The minimum Gasteiger partial charge on any atom is -0.493 e. The third kappa shape index (κ3) is 3.98. The lowest BCUT2D eigenvalue weighted by molar-refractivity contribution is -0.123. The Kier molecular flexibility index (Phi) is 5.12. The van der Waals surface area contributed by atoms with Gasteiger partial charge in [0, 0.05) is 12.8 Å². The van der Waals surface area contributed by atoms with Gasteiger partial charge in [-0.2, -0.15) is 0 Å². The number of aliphatic hydroxyl groups is 1. The van der Waals surface area contributed by atoms with Crippen molar-refractivity contribution in [1.29, 1.82) is 0 Å². The summed E-state index contributed by atoms with van der Waals surface area (Å²) in [6.07, 6.45) is 2.57. The summed E-state index contributed by atoms with van der Waals surface area (Å²) in [6.45, 7) is 0.695. The van der Waals surface area contributed by atoms with Gasteiger partial charge in [-0.15, -0.1) is 0 Å². The van der Waals surface area contributed by atoms with Crippen molar-refractivity contribution in [2.75, 3.05) is 6.61 Å². The highest BCUT2D eigenvalue weighted by Gasteiger charge is 2.36. The van der Waals surface area contributed by atoms with Gasteiger partial charge in [0.25, 0.3) is 0 Å². The van der Waals surface area contributed by atoms with Crippen molar-refractivity contribution in [3.8, 4) is 5.75 Å². The third-order valence-electron chi connectivity index (χ3n) is 5.59. The fraction of sp³-hybridized carbons (Fsp3) is 0.409. The van der Waals surface area contributed by atoms with E-state index in [-0.39, 0.29) is 36.2 Å². The molecule has 1 unspecified atom stereocenters. The molecule has 1 aliphatic heterocycles. The lowest BCUT2D eigenvalue weighted by Crippen LogP contribution is -2.41. The number of fused-ring (bicyclic) bond motifs is 1. The maximum Gasteiger partial charge on any atom is 0.220 e. The molecule has 27 heavy (non-hydrogen) atoms. The van der Waals surface area contributed by atoms with Crippen molar-refractivity contribution >= 4 is 5.91 Å². The van der Waals surface area contributed by atoms with Gasteiger partial charge in [0.15, 0.2) is 0 Å². The second-order valence-electron chi connectivity index (χ2n) is 7.49. The van der Waals surface area contributed by atoms with E-state index in [0.717, 1.165) is 23.3 Å². The second-order valence-corrected chi connectivity index (χ2v) is 7.49. The molecule has 1 amide bonds. The van der Waals surface area contributed by atoms with Gasteiger partial charge in [-0.3, -0.25) is 4.79 Å². The Labute approximate surface area is 158 Å². The number of hydrogen-bond acceptors (Lipinski definition) is 3. The van der Waals surface area contributed by atoms with E-state index in [1.165, 1.54) is 6.07 Å². The highest BCUT2D eigenvalue weighted by molar-refractivity contribution is 5.76. The summed E-state index contributed by atoms with van der Waals surface area (Å²) in [4.78, 5) is 12.6. The molecule has 2 N–H and O–H groups in total. The first-order chi connectivity index (χ1) is 13.1. The van der Waals surface area contributed by atoms with Gasteiger partial charge in [0.2, 0.25) is 5.91 Å². The van der Waals surface area contributed by atoms with E-state index < -0.39 is 0 Å². The Morgan fingerprint density at radius 2 is 2.07 bits per heavy atom. The molecule has 0 radical (unpaired) electrons. The highest BCUT2D eigenvalue weighted by atomic mass is 19.1. The SMILES string of the molecule is O=C(CCc1ccccc1F)NC(c1ccc2c(c1)CCO2)C1CC(O)C1. The molecule has 5 heteroatoms. The zero-order valence-electron chi connectivity index (χ0n) is 15.2. The number of carbonyl (C=O) groups excluding carboxylic acids is 1. The van der Waals surface area contributed by atoms with Crippen molar-refractivity contribution in [2.24, 2.45) is 5.92 Å². The van der Waals surface area contributed by atoms with Crippen LogP contribution in [0.15, 0.2) is 42.5 Å². The summed E-state index contributed by atoms with van der Waals surface area (Å²) in [5, 5.41) is 12.8. The smallest absolute Gasteiger partial charge is 0.220 e. The Bertz CT molecular complexity index is 832. The van der Waals surface area contributed by atoms with E-state index in [1.807, 2.05) is 12.1 Å². The van der Waals surface area contributed by atoms with Gasteiger partial charge in [-0.25, -0.2) is 4.39 Å². The molecule has 2 aromatic rings. The fourth-order valence-electron chi connectivity index (χ4n) is 3.97. The first-order valence-corrected chi connectivity index (χ1v) is 9.56. The number of rotatable bonds is 6. The summed E-state index contributed by atoms with van der Waals surface area (Å²) in [5.41, 5.74) is 2.77. The Hall–Kier alpha value is -2.40. The number of aliphatic hydroxyl groups excluding tert-OH is 1. The number of carbonyl (C=O) groups is 1. The molecular weight excluding hydrogens is 345 g/mol. The lowest BCUT2D eigenvalue weighted by atomic mass is 9.74. The maximum atomic E-state index is 13.8. The summed E-state index contributed by atoms with van der Waals surface area (Å²) in [7, 11) is 0. The van der Waals surface area contributed by atoms with Gasteiger partial charge >= 0.3 is 0 Å². The van der Waals surface area contributed by atoms with Gasteiger partial charge in [0.05, 0.1) is 18.8 Å².